The Bertz CT molecular complexity index is 452. The molecule has 2 rings (SSSR count). The molecule has 2 atom stereocenters. The molecule has 1 fully saturated rings. The first-order valence-corrected chi connectivity index (χ1v) is 7.81. The molecule has 1 saturated heterocycles. The van der Waals surface area contributed by atoms with Crippen LogP contribution < -0.4 is 5.32 Å². The van der Waals surface area contributed by atoms with Gasteiger partial charge in [0.25, 0.3) is 0 Å². The smallest absolute Gasteiger partial charge is 0.239 e. The molecule has 0 spiro atoms. The maximum Gasteiger partial charge on any atom is 0.239 e. The summed E-state index contributed by atoms with van der Waals surface area (Å²) in [5.41, 5.74) is 2.50. The molecule has 4 heteroatoms. The van der Waals surface area contributed by atoms with Gasteiger partial charge in [-0.3, -0.25) is 10.1 Å². The summed E-state index contributed by atoms with van der Waals surface area (Å²) in [5.74, 6) is 0.170. The van der Waals surface area contributed by atoms with Gasteiger partial charge in [-0.15, -0.1) is 0 Å². The highest BCUT2D eigenvalue weighted by Gasteiger charge is 2.24. The Kier molecular flexibility index (Phi) is 5.76. The van der Waals surface area contributed by atoms with Crippen LogP contribution in [-0.4, -0.2) is 43.2 Å². The van der Waals surface area contributed by atoms with Crippen molar-refractivity contribution in [1.82, 2.24) is 10.2 Å². The van der Waals surface area contributed by atoms with E-state index in [9.17, 15) is 4.79 Å². The number of ether oxygens (including phenoxy) is 1. The quantitative estimate of drug-likeness (QED) is 0.904. The van der Waals surface area contributed by atoms with Crippen molar-refractivity contribution in [2.75, 3.05) is 26.3 Å². The van der Waals surface area contributed by atoms with Gasteiger partial charge in [0.15, 0.2) is 0 Å². The van der Waals surface area contributed by atoms with Crippen LogP contribution in [0.4, 0.5) is 0 Å². The zero-order chi connectivity index (χ0) is 15.2. The van der Waals surface area contributed by atoms with Crippen LogP contribution in [0.5, 0.6) is 0 Å². The van der Waals surface area contributed by atoms with E-state index in [1.54, 1.807) is 0 Å². The summed E-state index contributed by atoms with van der Waals surface area (Å²) in [6, 6.07) is 8.56. The third-order valence-corrected chi connectivity index (χ3v) is 4.03. The fourth-order valence-corrected chi connectivity index (χ4v) is 2.68. The monoisotopic (exact) mass is 290 g/mol. The van der Waals surface area contributed by atoms with Crippen molar-refractivity contribution in [1.29, 1.82) is 0 Å². The highest BCUT2D eigenvalue weighted by molar-refractivity contribution is 5.81. The number of aryl methyl sites for hydroxylation is 1. The first-order valence-electron chi connectivity index (χ1n) is 7.81. The van der Waals surface area contributed by atoms with Crippen LogP contribution in [0.3, 0.4) is 0 Å². The Balaban J connectivity index is 1.96. The summed E-state index contributed by atoms with van der Waals surface area (Å²) in [7, 11) is 0. The number of carbonyl (C=O) groups excluding carboxylic acids is 1. The summed E-state index contributed by atoms with van der Waals surface area (Å²) >= 11 is 0. The third-order valence-electron chi connectivity index (χ3n) is 4.03. The molecule has 116 valence electrons. The second-order valence-corrected chi connectivity index (χ2v) is 5.70. The lowest BCUT2D eigenvalue weighted by Crippen LogP contribution is -2.49. The molecule has 4 nitrogen and oxygen atoms in total. The van der Waals surface area contributed by atoms with E-state index in [4.69, 9.17) is 4.74 Å². The number of amides is 1. The molecule has 2 unspecified atom stereocenters. The maximum atomic E-state index is 12.4. The van der Waals surface area contributed by atoms with E-state index in [1.165, 1.54) is 11.1 Å². The van der Waals surface area contributed by atoms with E-state index in [1.807, 2.05) is 11.8 Å². The summed E-state index contributed by atoms with van der Waals surface area (Å²) in [4.78, 5) is 14.3. The molecule has 0 bridgehead atoms. The Morgan fingerprint density at radius 3 is 2.48 bits per heavy atom. The average molecular weight is 290 g/mol. The van der Waals surface area contributed by atoms with Crippen LogP contribution in [-0.2, 0) is 9.53 Å². The SMILES string of the molecule is CCC(NC(C)C(=O)N1CCOCC1)c1ccc(C)cc1. The number of benzene rings is 1. The number of carbonyl (C=O) groups is 1. The predicted molar refractivity (Wildman–Crippen MR) is 84.2 cm³/mol. The van der Waals surface area contributed by atoms with Crippen LogP contribution in [0.15, 0.2) is 24.3 Å². The zero-order valence-electron chi connectivity index (χ0n) is 13.3. The standard InChI is InChI=1S/C17H26N2O2/c1-4-16(15-7-5-13(2)6-8-15)18-14(3)17(20)19-9-11-21-12-10-19/h5-8,14,16,18H,4,9-12H2,1-3H3. The van der Waals surface area contributed by atoms with E-state index in [0.717, 1.165) is 6.42 Å². The number of morpholine rings is 1. The lowest BCUT2D eigenvalue weighted by molar-refractivity contribution is -0.137. The van der Waals surface area contributed by atoms with Crippen molar-refractivity contribution in [3.05, 3.63) is 35.4 Å². The minimum absolute atomic E-state index is 0.170. The summed E-state index contributed by atoms with van der Waals surface area (Å²) in [5, 5.41) is 3.47. The molecule has 21 heavy (non-hydrogen) atoms. The Labute approximate surface area is 127 Å². The first-order chi connectivity index (χ1) is 10.1. The molecule has 1 N–H and O–H groups in total. The molecule has 0 aromatic heterocycles. The fraction of sp³-hybridized carbons (Fsp3) is 0.588. The van der Waals surface area contributed by atoms with Crippen molar-refractivity contribution in [2.45, 2.75) is 39.3 Å². The van der Waals surface area contributed by atoms with E-state index >= 15 is 0 Å². The van der Waals surface area contributed by atoms with Gasteiger partial charge in [-0.2, -0.15) is 0 Å². The molecule has 1 aromatic carbocycles. The third kappa shape index (κ3) is 4.29. The minimum atomic E-state index is -0.172. The predicted octanol–water partition coefficient (Wildman–Crippen LogP) is 2.28. The van der Waals surface area contributed by atoms with Crippen molar-refractivity contribution < 1.29 is 9.53 Å². The number of rotatable bonds is 5. The highest BCUT2D eigenvalue weighted by atomic mass is 16.5. The molecule has 1 amide bonds. The van der Waals surface area contributed by atoms with Crippen molar-refractivity contribution >= 4 is 5.91 Å². The van der Waals surface area contributed by atoms with Gasteiger partial charge in [-0.25, -0.2) is 0 Å². The second-order valence-electron chi connectivity index (χ2n) is 5.70. The molecular formula is C17H26N2O2. The van der Waals surface area contributed by atoms with E-state index in [0.29, 0.717) is 26.3 Å². The van der Waals surface area contributed by atoms with Crippen molar-refractivity contribution in [2.24, 2.45) is 0 Å². The van der Waals surface area contributed by atoms with Gasteiger partial charge in [-0.05, 0) is 25.8 Å². The number of nitrogens with one attached hydrogen (secondary N) is 1. The normalized spacial score (nSPS) is 18.3. The highest BCUT2D eigenvalue weighted by Crippen LogP contribution is 2.18. The molecule has 0 saturated carbocycles. The molecule has 1 aromatic rings. The van der Waals surface area contributed by atoms with Gasteiger partial charge < -0.3 is 9.64 Å². The maximum absolute atomic E-state index is 12.4. The topological polar surface area (TPSA) is 41.6 Å². The van der Waals surface area contributed by atoms with Crippen molar-refractivity contribution in [3.8, 4) is 0 Å². The lowest BCUT2D eigenvalue weighted by atomic mass is 10.0. The second kappa shape index (κ2) is 7.57. The van der Waals surface area contributed by atoms with Crippen LogP contribution >= 0.6 is 0 Å². The van der Waals surface area contributed by atoms with Crippen LogP contribution in [0.25, 0.3) is 0 Å². The van der Waals surface area contributed by atoms with Gasteiger partial charge >= 0.3 is 0 Å². The molecule has 1 aliphatic heterocycles. The summed E-state index contributed by atoms with van der Waals surface area (Å²) < 4.78 is 5.30. The van der Waals surface area contributed by atoms with Gasteiger partial charge in [0.05, 0.1) is 19.3 Å². The number of hydrogen-bond acceptors (Lipinski definition) is 3. The Hall–Kier alpha value is -1.39. The van der Waals surface area contributed by atoms with Crippen LogP contribution in [0.1, 0.15) is 37.4 Å². The van der Waals surface area contributed by atoms with Gasteiger partial charge in [0.2, 0.25) is 5.91 Å². The minimum Gasteiger partial charge on any atom is -0.378 e. The largest absolute Gasteiger partial charge is 0.378 e. The lowest BCUT2D eigenvalue weighted by Gasteiger charge is -2.31. The molecule has 0 radical (unpaired) electrons. The number of hydrogen-bond donors (Lipinski definition) is 1. The molecule has 1 heterocycles. The molecular weight excluding hydrogens is 264 g/mol. The summed E-state index contributed by atoms with van der Waals surface area (Å²) in [6.07, 6.45) is 0.962. The van der Waals surface area contributed by atoms with E-state index in [2.05, 4.69) is 43.4 Å². The van der Waals surface area contributed by atoms with Crippen molar-refractivity contribution in [3.63, 3.8) is 0 Å². The number of nitrogens with zero attached hydrogens (tertiary/aromatic N) is 1. The average Bonchev–Trinajstić information content (AvgIpc) is 2.53. The Morgan fingerprint density at radius 2 is 1.90 bits per heavy atom. The van der Waals surface area contributed by atoms with Gasteiger partial charge in [-0.1, -0.05) is 36.8 Å². The first kappa shape index (κ1) is 16.0. The molecule has 0 aliphatic carbocycles. The zero-order valence-corrected chi connectivity index (χ0v) is 13.3. The van der Waals surface area contributed by atoms with E-state index in [-0.39, 0.29) is 18.0 Å². The fourth-order valence-electron chi connectivity index (χ4n) is 2.68. The van der Waals surface area contributed by atoms with E-state index < -0.39 is 0 Å². The van der Waals surface area contributed by atoms with Crippen LogP contribution in [0, 0.1) is 6.92 Å². The summed E-state index contributed by atoms with van der Waals surface area (Å²) in [6.45, 7) is 8.88. The molecule has 1 aliphatic rings. The van der Waals surface area contributed by atoms with Crippen LogP contribution in [0.2, 0.25) is 0 Å². The Morgan fingerprint density at radius 1 is 1.29 bits per heavy atom. The van der Waals surface area contributed by atoms with Gasteiger partial charge in [0.1, 0.15) is 0 Å². The van der Waals surface area contributed by atoms with Gasteiger partial charge in [0, 0.05) is 19.1 Å².